The van der Waals surface area contributed by atoms with Crippen LogP contribution in [0.3, 0.4) is 0 Å². The van der Waals surface area contributed by atoms with Gasteiger partial charge in [-0.15, -0.1) is 0 Å². The number of hydrogen-bond donors (Lipinski definition) is 0. The summed E-state index contributed by atoms with van der Waals surface area (Å²) in [5.41, 5.74) is 1.46. The number of rotatable bonds is 6. The highest BCUT2D eigenvalue weighted by molar-refractivity contribution is 5.92. The number of ether oxygens (including phenoxy) is 1. The molecule has 3 heterocycles. The van der Waals surface area contributed by atoms with Crippen LogP contribution in [0.1, 0.15) is 55.6 Å². The van der Waals surface area contributed by atoms with E-state index in [2.05, 4.69) is 31.1 Å². The van der Waals surface area contributed by atoms with Gasteiger partial charge in [0, 0.05) is 51.9 Å². The molecule has 1 aromatic heterocycles. The van der Waals surface area contributed by atoms with E-state index < -0.39 is 0 Å². The van der Waals surface area contributed by atoms with Crippen LogP contribution in [0.2, 0.25) is 0 Å². The molecule has 7 heteroatoms. The number of carbonyl (C=O) groups is 2. The highest BCUT2D eigenvalue weighted by Crippen LogP contribution is 2.32. The summed E-state index contributed by atoms with van der Waals surface area (Å²) in [6.07, 6.45) is 5.98. The molecule has 0 unspecified atom stereocenters. The fourth-order valence-corrected chi connectivity index (χ4v) is 5.54. The Morgan fingerprint density at radius 3 is 2.47 bits per heavy atom. The van der Waals surface area contributed by atoms with E-state index in [9.17, 15) is 9.59 Å². The average Bonchev–Trinajstić information content (AvgIpc) is 3.27. The van der Waals surface area contributed by atoms with Crippen LogP contribution in [-0.4, -0.2) is 69.8 Å². The highest BCUT2D eigenvalue weighted by Gasteiger charge is 2.38. The zero-order chi connectivity index (χ0) is 24.3. The zero-order valence-corrected chi connectivity index (χ0v) is 20.9. The van der Waals surface area contributed by atoms with E-state index in [0.29, 0.717) is 18.2 Å². The van der Waals surface area contributed by atoms with Crippen molar-refractivity contribution in [2.45, 2.75) is 57.6 Å². The molecular weight excluding hydrogens is 428 g/mol. The van der Waals surface area contributed by atoms with Crippen LogP contribution >= 0.6 is 0 Å². The Morgan fingerprint density at radius 2 is 1.85 bits per heavy atom. The van der Waals surface area contributed by atoms with Gasteiger partial charge in [0.15, 0.2) is 0 Å². The molecular formula is C27H38N4O3. The molecule has 0 N–H and O–H groups in total. The van der Waals surface area contributed by atoms with E-state index in [0.717, 1.165) is 45.2 Å². The Labute approximate surface area is 203 Å². The smallest absolute Gasteiger partial charge is 0.274 e. The molecule has 2 atom stereocenters. The third-order valence-corrected chi connectivity index (χ3v) is 7.48. The summed E-state index contributed by atoms with van der Waals surface area (Å²) in [4.78, 5) is 30.4. The van der Waals surface area contributed by atoms with Crippen LogP contribution in [-0.2, 0) is 23.0 Å². The van der Waals surface area contributed by atoms with Crippen LogP contribution < -0.4 is 0 Å². The number of benzene rings is 1. The molecule has 0 spiro atoms. The van der Waals surface area contributed by atoms with Crippen LogP contribution in [0.4, 0.5) is 0 Å². The van der Waals surface area contributed by atoms with Gasteiger partial charge in [0.2, 0.25) is 5.91 Å². The first-order chi connectivity index (χ1) is 16.2. The van der Waals surface area contributed by atoms with Crippen molar-refractivity contribution in [2.75, 3.05) is 26.7 Å². The van der Waals surface area contributed by atoms with E-state index in [1.807, 2.05) is 42.1 Å². The van der Waals surface area contributed by atoms with Crippen molar-refractivity contribution in [3.8, 4) is 0 Å². The standard InChI is InChI=1S/C27H38N4O3/c1-27(2)19-22(13-17-34-27)25(32)31-15-10-21(11-16-31)24(18-20-8-6-5-7-9-20)30(4)26(33)23-12-14-29(3)28-23/h5-9,12,14,21-22,24H,10-11,13,15-19H2,1-4H3/t22-,24+/m1/s1. The van der Waals surface area contributed by atoms with Gasteiger partial charge in [-0.25, -0.2) is 0 Å². The van der Waals surface area contributed by atoms with Crippen molar-refractivity contribution in [1.82, 2.24) is 19.6 Å². The summed E-state index contributed by atoms with van der Waals surface area (Å²) in [5.74, 6) is 0.596. The summed E-state index contributed by atoms with van der Waals surface area (Å²) < 4.78 is 7.47. The number of aryl methyl sites for hydroxylation is 1. The molecule has 34 heavy (non-hydrogen) atoms. The lowest BCUT2D eigenvalue weighted by Gasteiger charge is -2.42. The second-order valence-corrected chi connectivity index (χ2v) is 10.5. The van der Waals surface area contributed by atoms with Crippen LogP contribution in [0, 0.1) is 11.8 Å². The lowest BCUT2D eigenvalue weighted by molar-refractivity contribution is -0.147. The molecule has 2 fully saturated rings. The first kappa shape index (κ1) is 24.5. The molecule has 2 saturated heterocycles. The maximum atomic E-state index is 13.2. The lowest BCUT2D eigenvalue weighted by Crippen LogP contribution is -2.50. The molecule has 7 nitrogen and oxygen atoms in total. The van der Waals surface area contributed by atoms with Crippen LogP contribution in [0.15, 0.2) is 42.6 Å². The van der Waals surface area contributed by atoms with Gasteiger partial charge in [-0.1, -0.05) is 30.3 Å². The molecule has 2 amide bonds. The average molecular weight is 467 g/mol. The number of carbonyl (C=O) groups excluding carboxylic acids is 2. The molecule has 0 saturated carbocycles. The lowest BCUT2D eigenvalue weighted by atomic mass is 9.83. The van der Waals surface area contributed by atoms with Crippen molar-refractivity contribution < 1.29 is 14.3 Å². The van der Waals surface area contributed by atoms with Gasteiger partial charge in [0.1, 0.15) is 5.69 Å². The Bertz CT molecular complexity index is 979. The maximum absolute atomic E-state index is 13.2. The minimum absolute atomic E-state index is 0.0498. The summed E-state index contributed by atoms with van der Waals surface area (Å²) in [5, 5.41) is 4.33. The van der Waals surface area contributed by atoms with Crippen molar-refractivity contribution >= 4 is 11.8 Å². The van der Waals surface area contributed by atoms with Gasteiger partial charge in [-0.05, 0) is 63.5 Å². The first-order valence-corrected chi connectivity index (χ1v) is 12.5. The Hall–Kier alpha value is -2.67. The number of nitrogens with zero attached hydrogens (tertiary/aromatic N) is 4. The number of piperidine rings is 1. The molecule has 4 rings (SSSR count). The molecule has 2 aromatic rings. The largest absolute Gasteiger partial charge is 0.376 e. The first-order valence-electron chi connectivity index (χ1n) is 12.5. The molecule has 0 radical (unpaired) electrons. The fourth-order valence-electron chi connectivity index (χ4n) is 5.54. The quantitative estimate of drug-likeness (QED) is 0.653. The van der Waals surface area contributed by atoms with Gasteiger partial charge in [0.05, 0.1) is 5.60 Å². The maximum Gasteiger partial charge on any atom is 0.274 e. The molecule has 2 aliphatic heterocycles. The van der Waals surface area contributed by atoms with Crippen molar-refractivity contribution in [1.29, 1.82) is 0 Å². The van der Waals surface area contributed by atoms with Crippen LogP contribution in [0.25, 0.3) is 0 Å². The van der Waals surface area contributed by atoms with Crippen molar-refractivity contribution in [3.63, 3.8) is 0 Å². The third kappa shape index (κ3) is 5.69. The zero-order valence-electron chi connectivity index (χ0n) is 20.9. The predicted octanol–water partition coefficient (Wildman–Crippen LogP) is 3.55. The van der Waals surface area contributed by atoms with E-state index in [1.165, 1.54) is 5.56 Å². The predicted molar refractivity (Wildman–Crippen MR) is 131 cm³/mol. The van der Waals surface area contributed by atoms with E-state index in [-0.39, 0.29) is 29.4 Å². The SMILES string of the molecule is CN(C(=O)c1ccn(C)n1)[C@@H](Cc1ccccc1)C1CCN(C(=O)[C@@H]2CCOC(C)(C)C2)CC1. The van der Waals surface area contributed by atoms with Gasteiger partial charge in [0.25, 0.3) is 5.91 Å². The Morgan fingerprint density at radius 1 is 1.15 bits per heavy atom. The monoisotopic (exact) mass is 466 g/mol. The van der Waals surface area contributed by atoms with Gasteiger partial charge in [-0.2, -0.15) is 5.10 Å². The van der Waals surface area contributed by atoms with Gasteiger partial charge in [-0.3, -0.25) is 14.3 Å². The van der Waals surface area contributed by atoms with E-state index >= 15 is 0 Å². The second-order valence-electron chi connectivity index (χ2n) is 10.5. The number of likely N-dealkylation sites (N-methyl/N-ethyl adjacent to an activating group) is 1. The fraction of sp³-hybridized carbons (Fsp3) is 0.593. The van der Waals surface area contributed by atoms with E-state index in [1.54, 1.807) is 16.9 Å². The Balaban J connectivity index is 1.44. The second kappa shape index (κ2) is 10.3. The minimum atomic E-state index is -0.230. The summed E-state index contributed by atoms with van der Waals surface area (Å²) >= 11 is 0. The Kier molecular flexibility index (Phi) is 7.41. The topological polar surface area (TPSA) is 67.7 Å². The summed E-state index contributed by atoms with van der Waals surface area (Å²) in [6.45, 7) is 6.29. The third-order valence-electron chi connectivity index (χ3n) is 7.48. The molecule has 0 bridgehead atoms. The molecule has 1 aromatic carbocycles. The minimum Gasteiger partial charge on any atom is -0.376 e. The number of hydrogen-bond acceptors (Lipinski definition) is 4. The number of amides is 2. The number of likely N-dealkylation sites (tertiary alicyclic amines) is 1. The van der Waals surface area contributed by atoms with Crippen molar-refractivity contribution in [3.05, 3.63) is 53.9 Å². The number of aromatic nitrogens is 2. The summed E-state index contributed by atoms with van der Waals surface area (Å²) in [6, 6.07) is 12.2. The molecule has 0 aliphatic carbocycles. The molecule has 2 aliphatic rings. The molecule has 184 valence electrons. The van der Waals surface area contributed by atoms with Crippen LogP contribution in [0.5, 0.6) is 0 Å². The van der Waals surface area contributed by atoms with Crippen molar-refractivity contribution in [2.24, 2.45) is 18.9 Å². The highest BCUT2D eigenvalue weighted by atomic mass is 16.5. The normalized spacial score (nSPS) is 21.8. The van der Waals surface area contributed by atoms with E-state index in [4.69, 9.17) is 4.74 Å². The summed E-state index contributed by atoms with van der Waals surface area (Å²) in [7, 11) is 3.72. The van der Waals surface area contributed by atoms with Gasteiger partial charge >= 0.3 is 0 Å². The van der Waals surface area contributed by atoms with Gasteiger partial charge < -0.3 is 14.5 Å².